The molecule has 4 aromatic rings. The van der Waals surface area contributed by atoms with E-state index in [1.54, 1.807) is 24.5 Å². The van der Waals surface area contributed by atoms with Gasteiger partial charge in [-0.05, 0) is 24.3 Å². The van der Waals surface area contributed by atoms with E-state index in [0.717, 1.165) is 16.7 Å². The van der Waals surface area contributed by atoms with Crippen LogP contribution in [0, 0.1) is 0 Å². The average Bonchev–Trinajstić information content (AvgIpc) is 2.97. The zero-order chi connectivity index (χ0) is 14.2. The lowest BCUT2D eigenvalue weighted by Gasteiger charge is -2.09. The summed E-state index contributed by atoms with van der Waals surface area (Å²) in [5, 5.41) is 20.8. The van der Waals surface area contributed by atoms with Crippen molar-refractivity contribution in [2.75, 3.05) is 5.32 Å². The van der Waals surface area contributed by atoms with Gasteiger partial charge in [0, 0.05) is 11.8 Å². The molecule has 102 valence electrons. The van der Waals surface area contributed by atoms with Crippen LogP contribution in [0.2, 0.25) is 0 Å². The standard InChI is InChI=1S/C15H11N5O/c21-11-5-3-4-10(8-11)17-14-15-19-16-9-20(15)13-7-2-1-6-12(13)18-14/h1-9,21H,(H,17,18). The first kappa shape index (κ1) is 11.7. The van der Waals surface area contributed by atoms with Crippen molar-refractivity contribution in [3.63, 3.8) is 0 Å². The predicted molar refractivity (Wildman–Crippen MR) is 79.7 cm³/mol. The maximum Gasteiger partial charge on any atom is 0.204 e. The van der Waals surface area contributed by atoms with Gasteiger partial charge in [0.1, 0.15) is 12.1 Å². The van der Waals surface area contributed by atoms with Crippen molar-refractivity contribution in [3.8, 4) is 5.75 Å². The molecular formula is C15H11N5O. The number of hydrogen-bond donors (Lipinski definition) is 2. The molecule has 0 aliphatic carbocycles. The molecule has 0 amide bonds. The maximum atomic E-state index is 9.54. The molecule has 0 aliphatic rings. The highest BCUT2D eigenvalue weighted by atomic mass is 16.3. The Morgan fingerprint density at radius 1 is 1.05 bits per heavy atom. The van der Waals surface area contributed by atoms with Gasteiger partial charge < -0.3 is 10.4 Å². The van der Waals surface area contributed by atoms with Gasteiger partial charge in [0.15, 0.2) is 5.82 Å². The van der Waals surface area contributed by atoms with Gasteiger partial charge in [-0.1, -0.05) is 18.2 Å². The molecule has 6 heteroatoms. The zero-order valence-corrected chi connectivity index (χ0v) is 10.9. The quantitative estimate of drug-likeness (QED) is 0.589. The number of anilines is 2. The number of phenolic OH excluding ortho intramolecular Hbond substituents is 1. The second-order valence-electron chi connectivity index (χ2n) is 4.65. The number of hydrogen-bond acceptors (Lipinski definition) is 5. The van der Waals surface area contributed by atoms with Gasteiger partial charge in [0.25, 0.3) is 0 Å². The third-order valence-electron chi connectivity index (χ3n) is 3.24. The minimum atomic E-state index is 0.193. The van der Waals surface area contributed by atoms with Gasteiger partial charge in [-0.2, -0.15) is 0 Å². The molecule has 2 N–H and O–H groups in total. The van der Waals surface area contributed by atoms with Gasteiger partial charge in [0.05, 0.1) is 11.0 Å². The number of fused-ring (bicyclic) bond motifs is 3. The highest BCUT2D eigenvalue weighted by molar-refractivity contribution is 5.84. The fraction of sp³-hybridized carbons (Fsp3) is 0. The number of para-hydroxylation sites is 2. The van der Waals surface area contributed by atoms with Crippen molar-refractivity contribution in [2.45, 2.75) is 0 Å². The van der Waals surface area contributed by atoms with Crippen molar-refractivity contribution < 1.29 is 5.11 Å². The number of rotatable bonds is 2. The molecule has 0 radical (unpaired) electrons. The molecule has 0 unspecified atom stereocenters. The fourth-order valence-corrected chi connectivity index (χ4v) is 2.31. The first-order chi connectivity index (χ1) is 10.3. The van der Waals surface area contributed by atoms with Crippen molar-refractivity contribution in [3.05, 3.63) is 54.9 Å². The molecule has 2 aromatic heterocycles. The van der Waals surface area contributed by atoms with Crippen molar-refractivity contribution in [2.24, 2.45) is 0 Å². The first-order valence-electron chi connectivity index (χ1n) is 6.46. The van der Waals surface area contributed by atoms with E-state index in [1.807, 2.05) is 34.7 Å². The van der Waals surface area contributed by atoms with Crippen LogP contribution in [0.25, 0.3) is 16.7 Å². The SMILES string of the molecule is Oc1cccc(Nc2nc3ccccc3n3cnnc23)c1. The van der Waals surface area contributed by atoms with E-state index in [-0.39, 0.29) is 5.75 Å². The molecule has 0 aliphatic heterocycles. The third-order valence-corrected chi connectivity index (χ3v) is 3.24. The molecule has 0 fully saturated rings. The van der Waals surface area contributed by atoms with Gasteiger partial charge in [-0.25, -0.2) is 4.98 Å². The Morgan fingerprint density at radius 2 is 1.95 bits per heavy atom. The van der Waals surface area contributed by atoms with E-state index < -0.39 is 0 Å². The Balaban J connectivity index is 1.92. The minimum absolute atomic E-state index is 0.193. The van der Waals surface area contributed by atoms with Crippen molar-refractivity contribution in [1.29, 1.82) is 0 Å². The van der Waals surface area contributed by atoms with E-state index in [9.17, 15) is 5.11 Å². The third kappa shape index (κ3) is 1.93. The molecule has 0 saturated carbocycles. The molecule has 21 heavy (non-hydrogen) atoms. The van der Waals surface area contributed by atoms with Crippen LogP contribution in [0.4, 0.5) is 11.5 Å². The molecule has 6 nitrogen and oxygen atoms in total. The number of aromatic hydroxyl groups is 1. The Bertz CT molecular complexity index is 947. The summed E-state index contributed by atoms with van der Waals surface area (Å²) in [6, 6.07) is 14.6. The van der Waals surface area contributed by atoms with Gasteiger partial charge in [0.2, 0.25) is 5.65 Å². The molecule has 0 atom stereocenters. The smallest absolute Gasteiger partial charge is 0.204 e. The lowest BCUT2D eigenvalue weighted by atomic mass is 10.3. The second-order valence-corrected chi connectivity index (χ2v) is 4.65. The predicted octanol–water partition coefficient (Wildman–Crippen LogP) is 2.73. The summed E-state index contributed by atoms with van der Waals surface area (Å²) in [5.74, 6) is 0.787. The van der Waals surface area contributed by atoms with Crippen LogP contribution in [-0.2, 0) is 0 Å². The van der Waals surface area contributed by atoms with Crippen molar-refractivity contribution >= 4 is 28.2 Å². The zero-order valence-electron chi connectivity index (χ0n) is 10.9. The summed E-state index contributed by atoms with van der Waals surface area (Å²) in [6.07, 6.45) is 1.66. The largest absolute Gasteiger partial charge is 0.508 e. The van der Waals surface area contributed by atoms with E-state index in [1.165, 1.54) is 0 Å². The highest BCUT2D eigenvalue weighted by Gasteiger charge is 2.10. The van der Waals surface area contributed by atoms with Gasteiger partial charge >= 0.3 is 0 Å². The number of benzene rings is 2. The van der Waals surface area contributed by atoms with Crippen LogP contribution in [-0.4, -0.2) is 24.7 Å². The lowest BCUT2D eigenvalue weighted by molar-refractivity contribution is 0.475. The summed E-state index contributed by atoms with van der Waals surface area (Å²) in [6.45, 7) is 0. The summed E-state index contributed by atoms with van der Waals surface area (Å²) >= 11 is 0. The van der Waals surface area contributed by atoms with Crippen LogP contribution >= 0.6 is 0 Å². The maximum absolute atomic E-state index is 9.54. The average molecular weight is 277 g/mol. The van der Waals surface area contributed by atoms with Crippen LogP contribution in [0.3, 0.4) is 0 Å². The second kappa shape index (κ2) is 4.45. The van der Waals surface area contributed by atoms with Gasteiger partial charge in [-0.3, -0.25) is 4.40 Å². The molecule has 2 aromatic carbocycles. The summed E-state index contributed by atoms with van der Waals surface area (Å²) in [7, 11) is 0. The molecule has 0 spiro atoms. The Morgan fingerprint density at radius 3 is 2.86 bits per heavy atom. The van der Waals surface area contributed by atoms with E-state index in [2.05, 4.69) is 20.5 Å². The Labute approximate surface area is 119 Å². The Hall–Kier alpha value is -3.15. The molecule has 4 rings (SSSR count). The van der Waals surface area contributed by atoms with Crippen molar-refractivity contribution in [1.82, 2.24) is 19.6 Å². The summed E-state index contributed by atoms with van der Waals surface area (Å²) in [5.41, 5.74) is 3.16. The fourth-order valence-electron chi connectivity index (χ4n) is 2.31. The molecular weight excluding hydrogens is 266 g/mol. The number of nitrogens with zero attached hydrogens (tertiary/aromatic N) is 4. The topological polar surface area (TPSA) is 75.3 Å². The lowest BCUT2D eigenvalue weighted by Crippen LogP contribution is -1.99. The van der Waals surface area contributed by atoms with E-state index in [0.29, 0.717) is 11.5 Å². The number of phenols is 1. The highest BCUT2D eigenvalue weighted by Crippen LogP contribution is 2.24. The number of aromatic nitrogens is 4. The van der Waals surface area contributed by atoms with Gasteiger partial charge in [-0.15, -0.1) is 10.2 Å². The van der Waals surface area contributed by atoms with E-state index in [4.69, 9.17) is 0 Å². The van der Waals surface area contributed by atoms with Crippen LogP contribution in [0.1, 0.15) is 0 Å². The first-order valence-corrected chi connectivity index (χ1v) is 6.46. The summed E-state index contributed by atoms with van der Waals surface area (Å²) < 4.78 is 1.88. The number of nitrogens with one attached hydrogen (secondary N) is 1. The molecule has 2 heterocycles. The molecule has 0 saturated heterocycles. The monoisotopic (exact) mass is 277 g/mol. The minimum Gasteiger partial charge on any atom is -0.508 e. The van der Waals surface area contributed by atoms with Crippen LogP contribution in [0.15, 0.2) is 54.9 Å². The normalized spacial score (nSPS) is 11.0. The van der Waals surface area contributed by atoms with Crippen LogP contribution < -0.4 is 5.32 Å². The summed E-state index contributed by atoms with van der Waals surface area (Å²) in [4.78, 5) is 4.58. The molecule has 0 bridgehead atoms. The van der Waals surface area contributed by atoms with Crippen LogP contribution in [0.5, 0.6) is 5.75 Å². The Kier molecular flexibility index (Phi) is 2.47. The van der Waals surface area contributed by atoms with E-state index >= 15 is 0 Å².